The summed E-state index contributed by atoms with van der Waals surface area (Å²) in [7, 11) is -2.80. The van der Waals surface area contributed by atoms with Crippen molar-refractivity contribution in [3.8, 4) is 0 Å². The molecule has 2 aromatic rings. The van der Waals surface area contributed by atoms with Crippen molar-refractivity contribution in [1.29, 1.82) is 0 Å². The van der Waals surface area contributed by atoms with E-state index in [1.807, 2.05) is 4.72 Å². The second-order valence-electron chi connectivity index (χ2n) is 3.79. The molecule has 0 fully saturated rings. The lowest BCUT2D eigenvalue weighted by atomic mass is 10.3. The van der Waals surface area contributed by atoms with Crippen LogP contribution in [0.1, 0.15) is 0 Å². The number of hydrogen-bond acceptors (Lipinski definition) is 9. The Bertz CT molecular complexity index is 785. The quantitative estimate of drug-likeness (QED) is 0.363. The van der Waals surface area contributed by atoms with Crippen molar-refractivity contribution >= 4 is 27.3 Å². The Balaban J connectivity index is 2.46. The maximum Gasteiger partial charge on any atom is 0.291 e. The van der Waals surface area contributed by atoms with Gasteiger partial charge in [-0.3, -0.25) is 16.0 Å². The van der Waals surface area contributed by atoms with E-state index in [9.17, 15) is 18.5 Å². The average molecular weight is 314 g/mol. The van der Waals surface area contributed by atoms with Crippen molar-refractivity contribution in [3.05, 3.63) is 28.3 Å². The van der Waals surface area contributed by atoms with Crippen LogP contribution in [0.25, 0.3) is 0 Å². The molecule has 0 radical (unpaired) electrons. The van der Waals surface area contributed by atoms with E-state index in [0.29, 0.717) is 0 Å². The van der Waals surface area contributed by atoms with Crippen molar-refractivity contribution in [2.24, 2.45) is 12.9 Å². The van der Waals surface area contributed by atoms with Crippen LogP contribution in [0.4, 0.5) is 17.3 Å². The summed E-state index contributed by atoms with van der Waals surface area (Å²) >= 11 is 0. The number of rotatable bonds is 5. The molecule has 0 aliphatic rings. The molecule has 0 saturated heterocycles. The van der Waals surface area contributed by atoms with Crippen LogP contribution in [0.3, 0.4) is 0 Å². The number of anilines is 2. The SMILES string of the molecule is Cn1nnc(NS(=O)(=O)c2ccc(NN)cc2[N+](=O)[O-])n1. The number of nitrogen functional groups attached to an aromatic ring is 1. The van der Waals surface area contributed by atoms with Crippen molar-refractivity contribution in [3.63, 3.8) is 0 Å². The molecule has 0 amide bonds. The van der Waals surface area contributed by atoms with Gasteiger partial charge in [0.1, 0.15) is 0 Å². The number of aromatic nitrogens is 4. The van der Waals surface area contributed by atoms with E-state index in [-0.39, 0.29) is 11.6 Å². The fourth-order valence-electron chi connectivity index (χ4n) is 1.48. The summed E-state index contributed by atoms with van der Waals surface area (Å²) in [6.07, 6.45) is 0. The summed E-state index contributed by atoms with van der Waals surface area (Å²) in [6, 6.07) is 3.33. The second kappa shape index (κ2) is 5.29. The number of hydrazine groups is 1. The van der Waals surface area contributed by atoms with E-state index in [2.05, 4.69) is 20.8 Å². The third kappa shape index (κ3) is 3.03. The zero-order chi connectivity index (χ0) is 15.6. The summed E-state index contributed by atoms with van der Waals surface area (Å²) in [5.74, 6) is 4.84. The average Bonchev–Trinajstić information content (AvgIpc) is 2.82. The number of aryl methyl sites for hydroxylation is 1. The van der Waals surface area contributed by atoms with Crippen LogP contribution in [-0.4, -0.2) is 33.5 Å². The Hall–Kier alpha value is -2.80. The molecule has 4 N–H and O–H groups in total. The van der Waals surface area contributed by atoms with Crippen LogP contribution in [0.2, 0.25) is 0 Å². The van der Waals surface area contributed by atoms with Gasteiger partial charge in [-0.05, 0) is 17.3 Å². The van der Waals surface area contributed by atoms with Crippen molar-refractivity contribution in [2.45, 2.75) is 4.90 Å². The number of nitrogens with one attached hydrogen (secondary N) is 2. The van der Waals surface area contributed by atoms with Gasteiger partial charge in [-0.15, -0.1) is 5.10 Å². The maximum atomic E-state index is 12.2. The van der Waals surface area contributed by atoms with Crippen LogP contribution >= 0.6 is 0 Å². The molecule has 0 aliphatic heterocycles. The van der Waals surface area contributed by atoms with Gasteiger partial charge in [-0.25, -0.2) is 13.1 Å². The summed E-state index contributed by atoms with van der Waals surface area (Å²) in [6.45, 7) is 0. The minimum atomic E-state index is -4.24. The molecule has 12 nitrogen and oxygen atoms in total. The minimum Gasteiger partial charge on any atom is -0.324 e. The van der Waals surface area contributed by atoms with E-state index in [0.717, 1.165) is 16.9 Å². The number of benzene rings is 1. The topological polar surface area (TPSA) is 171 Å². The second-order valence-corrected chi connectivity index (χ2v) is 5.44. The van der Waals surface area contributed by atoms with Crippen LogP contribution < -0.4 is 16.0 Å². The Labute approximate surface area is 118 Å². The lowest BCUT2D eigenvalue weighted by molar-refractivity contribution is -0.387. The fourth-order valence-corrected chi connectivity index (χ4v) is 2.57. The standard InChI is InChI=1S/C8H10N8O4S/c1-15-12-8(11-14-15)13-21(19,20)7-3-2-5(10-9)4-6(7)16(17)18/h2-4,10H,9H2,1H3,(H,12,13). The van der Waals surface area contributed by atoms with E-state index in [1.54, 1.807) is 0 Å². The number of sulfonamides is 1. The molecule has 0 unspecified atom stereocenters. The van der Waals surface area contributed by atoms with E-state index < -0.39 is 25.5 Å². The van der Waals surface area contributed by atoms with Gasteiger partial charge < -0.3 is 5.43 Å². The molecule has 0 saturated carbocycles. The maximum absolute atomic E-state index is 12.2. The highest BCUT2D eigenvalue weighted by molar-refractivity contribution is 7.92. The molecule has 0 aliphatic carbocycles. The zero-order valence-electron chi connectivity index (χ0n) is 10.6. The molecule has 0 atom stereocenters. The number of hydrogen-bond donors (Lipinski definition) is 3. The smallest absolute Gasteiger partial charge is 0.291 e. The van der Waals surface area contributed by atoms with Crippen LogP contribution in [0, 0.1) is 10.1 Å². The van der Waals surface area contributed by atoms with Crippen LogP contribution in [0.5, 0.6) is 0 Å². The molecule has 0 spiro atoms. The van der Waals surface area contributed by atoms with Crippen LogP contribution in [0.15, 0.2) is 23.1 Å². The first-order valence-electron chi connectivity index (χ1n) is 5.35. The van der Waals surface area contributed by atoms with Gasteiger partial charge in [0.25, 0.3) is 21.7 Å². The first-order chi connectivity index (χ1) is 9.83. The summed E-state index contributed by atoms with van der Waals surface area (Å²) in [4.78, 5) is 10.6. The van der Waals surface area contributed by atoms with Crippen LogP contribution in [-0.2, 0) is 17.1 Å². The molecular weight excluding hydrogens is 304 g/mol. The van der Waals surface area contributed by atoms with Gasteiger partial charge in [-0.1, -0.05) is 5.10 Å². The lowest BCUT2D eigenvalue weighted by Crippen LogP contribution is -2.16. The Kier molecular flexibility index (Phi) is 3.68. The van der Waals surface area contributed by atoms with E-state index >= 15 is 0 Å². The highest BCUT2D eigenvalue weighted by Crippen LogP contribution is 2.27. The number of nitro benzene ring substituents is 1. The fraction of sp³-hybridized carbons (Fsp3) is 0.125. The number of tetrazole rings is 1. The Morgan fingerprint density at radius 1 is 1.43 bits per heavy atom. The molecule has 112 valence electrons. The van der Waals surface area contributed by atoms with Gasteiger partial charge in [0.05, 0.1) is 17.7 Å². The Morgan fingerprint density at radius 3 is 2.67 bits per heavy atom. The molecule has 2 rings (SSSR count). The van der Waals surface area contributed by atoms with E-state index in [4.69, 9.17) is 5.84 Å². The van der Waals surface area contributed by atoms with Crippen molar-refractivity contribution in [1.82, 2.24) is 20.2 Å². The molecule has 21 heavy (non-hydrogen) atoms. The molecule has 1 aromatic carbocycles. The highest BCUT2D eigenvalue weighted by atomic mass is 32.2. The summed E-state index contributed by atoms with van der Waals surface area (Å²) in [5, 5.41) is 21.5. The number of nitrogens with two attached hydrogens (primary N) is 1. The highest BCUT2D eigenvalue weighted by Gasteiger charge is 2.27. The largest absolute Gasteiger partial charge is 0.324 e. The number of nitrogens with zero attached hydrogens (tertiary/aromatic N) is 5. The van der Waals surface area contributed by atoms with Gasteiger partial charge in [0.15, 0.2) is 4.90 Å². The monoisotopic (exact) mass is 314 g/mol. The van der Waals surface area contributed by atoms with Crippen molar-refractivity contribution in [2.75, 3.05) is 10.1 Å². The van der Waals surface area contributed by atoms with Gasteiger partial charge in [-0.2, -0.15) is 4.80 Å². The van der Waals surface area contributed by atoms with E-state index in [1.165, 1.54) is 13.1 Å². The summed E-state index contributed by atoms with van der Waals surface area (Å²) < 4.78 is 26.3. The van der Waals surface area contributed by atoms with Gasteiger partial charge in [0, 0.05) is 6.07 Å². The first-order valence-corrected chi connectivity index (χ1v) is 6.83. The van der Waals surface area contributed by atoms with Gasteiger partial charge >= 0.3 is 0 Å². The third-order valence-electron chi connectivity index (χ3n) is 2.35. The molecule has 1 heterocycles. The van der Waals surface area contributed by atoms with Gasteiger partial charge in [0.2, 0.25) is 0 Å². The first kappa shape index (κ1) is 14.6. The van der Waals surface area contributed by atoms with Crippen molar-refractivity contribution < 1.29 is 13.3 Å². The number of nitro groups is 1. The third-order valence-corrected chi connectivity index (χ3v) is 3.72. The summed E-state index contributed by atoms with van der Waals surface area (Å²) in [5.41, 5.74) is 1.75. The molecular formula is C8H10N8O4S. The lowest BCUT2D eigenvalue weighted by Gasteiger charge is -2.06. The normalized spacial score (nSPS) is 11.1. The predicted molar refractivity (Wildman–Crippen MR) is 70.5 cm³/mol. The minimum absolute atomic E-state index is 0.193. The Morgan fingerprint density at radius 2 is 2.14 bits per heavy atom. The molecule has 1 aromatic heterocycles. The predicted octanol–water partition coefficient (Wildman–Crippen LogP) is -0.795. The molecule has 0 bridgehead atoms. The molecule has 13 heteroatoms. The zero-order valence-corrected chi connectivity index (χ0v) is 11.4.